The van der Waals surface area contributed by atoms with Crippen LogP contribution in [0.4, 0.5) is 5.69 Å². The van der Waals surface area contributed by atoms with E-state index in [0.29, 0.717) is 37.9 Å². The van der Waals surface area contributed by atoms with Crippen molar-refractivity contribution in [2.24, 2.45) is 4.99 Å². The monoisotopic (exact) mass is 398 g/mol. The minimum Gasteiger partial charge on any atom is -0.490 e. The Balaban J connectivity index is 1.31. The number of nitrogens with zero attached hydrogens (tertiary/aromatic N) is 2. The van der Waals surface area contributed by atoms with Gasteiger partial charge in [-0.2, -0.15) is 0 Å². The maximum Gasteiger partial charge on any atom is 0.246 e. The minimum atomic E-state index is -0.0226. The van der Waals surface area contributed by atoms with Crippen molar-refractivity contribution in [1.82, 2.24) is 15.5 Å². The minimum absolute atomic E-state index is 0.00263. The second-order valence-electron chi connectivity index (χ2n) is 8.22. The molecule has 2 N–H and O–H groups in total. The summed E-state index contributed by atoms with van der Waals surface area (Å²) in [5, 5.41) is 5.96. The molecule has 1 atom stereocenters. The van der Waals surface area contributed by atoms with E-state index in [9.17, 15) is 9.59 Å². The zero-order valence-corrected chi connectivity index (χ0v) is 17.1. The van der Waals surface area contributed by atoms with Gasteiger partial charge in [0.15, 0.2) is 0 Å². The van der Waals surface area contributed by atoms with Gasteiger partial charge in [-0.3, -0.25) is 14.9 Å². The fourth-order valence-electron chi connectivity index (χ4n) is 4.29. The molecule has 2 heterocycles. The normalized spacial score (nSPS) is 19.7. The van der Waals surface area contributed by atoms with Gasteiger partial charge in [0.25, 0.3) is 0 Å². The summed E-state index contributed by atoms with van der Waals surface area (Å²) in [5.41, 5.74) is 1.92. The average Bonchev–Trinajstić information content (AvgIpc) is 3.08. The number of carbonyl (C=O) groups excluding carboxylic acids is 2. The quantitative estimate of drug-likeness (QED) is 0.740. The standard InChI is InChI=1S/C22H30N4O3/c1-2-17(9-11-20(27)23-16-6-4-3-5-7-16)29-18-8-10-19-15(12-18)13-26-14-21(28)25-22(26)24-19/h8,10,12,16-17H,2-7,9,11,13-14H2,1H3,(H,23,27)(H,24,25,28). The summed E-state index contributed by atoms with van der Waals surface area (Å²) in [4.78, 5) is 30.3. The van der Waals surface area contributed by atoms with Crippen LogP contribution in [0.3, 0.4) is 0 Å². The Morgan fingerprint density at radius 3 is 2.93 bits per heavy atom. The number of rotatable bonds is 7. The summed E-state index contributed by atoms with van der Waals surface area (Å²) in [6, 6.07) is 6.21. The molecule has 7 heteroatoms. The third-order valence-corrected chi connectivity index (χ3v) is 5.95. The highest BCUT2D eigenvalue weighted by Crippen LogP contribution is 2.31. The second-order valence-corrected chi connectivity index (χ2v) is 8.22. The molecule has 3 aliphatic rings. The molecule has 0 spiro atoms. The number of carbonyl (C=O) groups is 2. The summed E-state index contributed by atoms with van der Waals surface area (Å²) >= 11 is 0. The molecule has 0 radical (unpaired) electrons. The van der Waals surface area contributed by atoms with Gasteiger partial charge in [-0.15, -0.1) is 0 Å². The predicted octanol–water partition coefficient (Wildman–Crippen LogP) is 3.01. The van der Waals surface area contributed by atoms with Gasteiger partial charge in [0.2, 0.25) is 17.8 Å². The Morgan fingerprint density at radius 2 is 2.14 bits per heavy atom. The van der Waals surface area contributed by atoms with Gasteiger partial charge >= 0.3 is 0 Å². The molecule has 156 valence electrons. The molecule has 0 aromatic heterocycles. The molecular formula is C22H30N4O3. The number of hydrogen-bond donors (Lipinski definition) is 2. The van der Waals surface area contributed by atoms with Crippen LogP contribution in [-0.2, 0) is 16.1 Å². The first-order valence-corrected chi connectivity index (χ1v) is 10.8. The number of hydrogen-bond acceptors (Lipinski definition) is 5. The van der Waals surface area contributed by atoms with Crippen LogP contribution in [0.1, 0.15) is 63.9 Å². The number of aliphatic imine (C=N–C) groups is 1. The van der Waals surface area contributed by atoms with Gasteiger partial charge in [0.05, 0.1) is 11.8 Å². The Morgan fingerprint density at radius 1 is 1.31 bits per heavy atom. The summed E-state index contributed by atoms with van der Waals surface area (Å²) in [6.07, 6.45) is 8.00. The predicted molar refractivity (Wildman–Crippen MR) is 111 cm³/mol. The van der Waals surface area contributed by atoms with Crippen LogP contribution in [0.2, 0.25) is 0 Å². The second kappa shape index (κ2) is 8.84. The first kappa shape index (κ1) is 19.7. The lowest BCUT2D eigenvalue weighted by Gasteiger charge is -2.25. The van der Waals surface area contributed by atoms with Crippen molar-refractivity contribution < 1.29 is 14.3 Å². The molecule has 4 rings (SSSR count). The highest BCUT2D eigenvalue weighted by molar-refractivity contribution is 6.05. The number of nitrogens with one attached hydrogen (secondary N) is 2. The summed E-state index contributed by atoms with van der Waals surface area (Å²) in [6.45, 7) is 3.07. The Bertz CT molecular complexity index is 801. The third-order valence-electron chi connectivity index (χ3n) is 5.95. The zero-order chi connectivity index (χ0) is 20.2. The lowest BCUT2D eigenvalue weighted by molar-refractivity contribution is -0.122. The van der Waals surface area contributed by atoms with Gasteiger partial charge in [0, 0.05) is 24.6 Å². The number of ether oxygens (including phenoxy) is 1. The van der Waals surface area contributed by atoms with Gasteiger partial charge < -0.3 is 15.0 Å². The molecule has 7 nitrogen and oxygen atoms in total. The van der Waals surface area contributed by atoms with Crippen molar-refractivity contribution in [2.45, 2.75) is 77.0 Å². The van der Waals surface area contributed by atoms with Gasteiger partial charge in [-0.05, 0) is 43.9 Å². The van der Waals surface area contributed by atoms with E-state index in [1.54, 1.807) is 0 Å². The summed E-state index contributed by atoms with van der Waals surface area (Å²) < 4.78 is 6.17. The maximum absolute atomic E-state index is 12.3. The lowest BCUT2D eigenvalue weighted by atomic mass is 9.95. The van der Waals surface area contributed by atoms with Crippen molar-refractivity contribution in [3.63, 3.8) is 0 Å². The van der Waals surface area contributed by atoms with E-state index in [0.717, 1.165) is 36.3 Å². The molecule has 1 aromatic carbocycles. The fraction of sp³-hybridized carbons (Fsp3) is 0.591. The molecule has 1 aliphatic carbocycles. The molecule has 1 unspecified atom stereocenters. The number of guanidine groups is 1. The highest BCUT2D eigenvalue weighted by atomic mass is 16.5. The average molecular weight is 399 g/mol. The van der Waals surface area contributed by atoms with E-state index in [1.807, 2.05) is 23.1 Å². The van der Waals surface area contributed by atoms with Gasteiger partial charge in [0.1, 0.15) is 12.3 Å². The first-order valence-electron chi connectivity index (χ1n) is 10.8. The SMILES string of the molecule is CCC(CCC(=O)NC1CCCCC1)Oc1ccc2c(c1)CN1CC(=O)NC1=N2. The molecule has 2 aliphatic heterocycles. The Labute approximate surface area is 171 Å². The van der Waals surface area contributed by atoms with Crippen LogP contribution in [-0.4, -0.2) is 41.4 Å². The number of benzene rings is 1. The third kappa shape index (κ3) is 4.89. The smallest absolute Gasteiger partial charge is 0.246 e. The van der Waals surface area contributed by atoms with Crippen LogP contribution in [0.25, 0.3) is 0 Å². The van der Waals surface area contributed by atoms with Crippen molar-refractivity contribution in [1.29, 1.82) is 0 Å². The summed E-state index contributed by atoms with van der Waals surface area (Å²) in [5.74, 6) is 1.54. The van der Waals surface area contributed by atoms with E-state index in [-0.39, 0.29) is 17.9 Å². The Kier molecular flexibility index (Phi) is 6.02. The van der Waals surface area contributed by atoms with E-state index < -0.39 is 0 Å². The van der Waals surface area contributed by atoms with Gasteiger partial charge in [-0.25, -0.2) is 4.99 Å². The van der Waals surface area contributed by atoms with Gasteiger partial charge in [-0.1, -0.05) is 26.2 Å². The van der Waals surface area contributed by atoms with Crippen LogP contribution in [0.15, 0.2) is 23.2 Å². The van der Waals surface area contributed by atoms with Crippen molar-refractivity contribution >= 4 is 23.5 Å². The maximum atomic E-state index is 12.3. The van der Waals surface area contributed by atoms with Crippen molar-refractivity contribution in [2.75, 3.05) is 6.54 Å². The van der Waals surface area contributed by atoms with Crippen LogP contribution in [0.5, 0.6) is 5.75 Å². The lowest BCUT2D eigenvalue weighted by Crippen LogP contribution is -2.36. The molecule has 0 bridgehead atoms. The topological polar surface area (TPSA) is 83.0 Å². The van der Waals surface area contributed by atoms with E-state index in [4.69, 9.17) is 4.74 Å². The molecule has 2 fully saturated rings. The van der Waals surface area contributed by atoms with Crippen molar-refractivity contribution in [3.8, 4) is 5.75 Å². The molecule has 2 amide bonds. The van der Waals surface area contributed by atoms with Crippen molar-refractivity contribution in [3.05, 3.63) is 23.8 Å². The number of fused-ring (bicyclic) bond motifs is 2. The fourth-order valence-corrected chi connectivity index (χ4v) is 4.29. The van der Waals surface area contributed by atoms with Crippen LogP contribution >= 0.6 is 0 Å². The molecule has 1 saturated heterocycles. The molecule has 1 saturated carbocycles. The Hall–Kier alpha value is -2.57. The van der Waals surface area contributed by atoms with E-state index in [2.05, 4.69) is 22.5 Å². The highest BCUT2D eigenvalue weighted by Gasteiger charge is 2.29. The zero-order valence-electron chi connectivity index (χ0n) is 17.1. The van der Waals surface area contributed by atoms with E-state index >= 15 is 0 Å². The van der Waals surface area contributed by atoms with E-state index in [1.165, 1.54) is 19.3 Å². The molecule has 29 heavy (non-hydrogen) atoms. The first-order chi connectivity index (χ1) is 14.1. The van der Waals surface area contributed by atoms with Crippen LogP contribution in [0, 0.1) is 0 Å². The molecular weight excluding hydrogens is 368 g/mol. The summed E-state index contributed by atoms with van der Waals surface area (Å²) in [7, 11) is 0. The van der Waals surface area contributed by atoms with Crippen LogP contribution < -0.4 is 15.4 Å². The number of amides is 2. The largest absolute Gasteiger partial charge is 0.490 e. The molecule has 1 aromatic rings.